The van der Waals surface area contributed by atoms with Crippen molar-refractivity contribution < 1.29 is 9.18 Å². The molecule has 0 heterocycles. The lowest BCUT2D eigenvalue weighted by molar-refractivity contribution is -0.119. The zero-order chi connectivity index (χ0) is 13.1. The lowest BCUT2D eigenvalue weighted by Gasteiger charge is -2.23. The van der Waals surface area contributed by atoms with Crippen LogP contribution in [0.1, 0.15) is 19.3 Å². The number of amides is 1. The molecule has 1 aliphatic rings. The van der Waals surface area contributed by atoms with E-state index in [0.29, 0.717) is 25.2 Å². The van der Waals surface area contributed by atoms with Crippen LogP contribution < -0.4 is 10.6 Å². The summed E-state index contributed by atoms with van der Waals surface area (Å²) in [6, 6.07) is 4.36. The number of rotatable bonds is 5. The van der Waals surface area contributed by atoms with E-state index in [9.17, 15) is 9.18 Å². The normalized spacial score (nSPS) is 14.6. The molecule has 0 aliphatic heterocycles. The van der Waals surface area contributed by atoms with Crippen LogP contribution in [-0.2, 0) is 4.79 Å². The number of nitrogens with two attached hydrogens (primary N) is 1. The fraction of sp³-hybridized carbons (Fsp3) is 0.462. The molecule has 0 unspecified atom stereocenters. The van der Waals surface area contributed by atoms with Crippen LogP contribution in [0, 0.1) is 11.7 Å². The van der Waals surface area contributed by atoms with Crippen LogP contribution in [0.15, 0.2) is 18.2 Å². The topological polar surface area (TPSA) is 46.3 Å². The average molecular weight is 271 g/mol. The van der Waals surface area contributed by atoms with Crippen molar-refractivity contribution in [2.45, 2.75) is 19.3 Å². The van der Waals surface area contributed by atoms with Gasteiger partial charge in [0.1, 0.15) is 5.82 Å². The van der Waals surface area contributed by atoms with Crippen LogP contribution in [0.4, 0.5) is 10.1 Å². The summed E-state index contributed by atoms with van der Waals surface area (Å²) in [7, 11) is 0. The summed E-state index contributed by atoms with van der Waals surface area (Å²) in [6.45, 7) is 1.07. The van der Waals surface area contributed by atoms with E-state index in [4.69, 9.17) is 17.3 Å². The number of anilines is 1. The second kappa shape index (κ2) is 5.67. The third-order valence-electron chi connectivity index (χ3n) is 2.99. The Morgan fingerprint density at radius 2 is 2.22 bits per heavy atom. The monoisotopic (exact) mass is 270 g/mol. The van der Waals surface area contributed by atoms with Crippen molar-refractivity contribution in [3.8, 4) is 0 Å². The molecule has 0 aromatic heterocycles. The molecule has 0 saturated heterocycles. The molecule has 2 rings (SSSR count). The Hall–Kier alpha value is -1.13. The molecule has 1 saturated carbocycles. The van der Waals surface area contributed by atoms with Crippen molar-refractivity contribution in [3.63, 3.8) is 0 Å². The van der Waals surface area contributed by atoms with E-state index in [1.165, 1.54) is 12.1 Å². The van der Waals surface area contributed by atoms with Crippen molar-refractivity contribution >= 4 is 23.2 Å². The van der Waals surface area contributed by atoms with Crippen molar-refractivity contribution in [1.29, 1.82) is 0 Å². The highest BCUT2D eigenvalue weighted by Crippen LogP contribution is 2.33. The fourth-order valence-corrected chi connectivity index (χ4v) is 1.99. The summed E-state index contributed by atoms with van der Waals surface area (Å²) in [5.41, 5.74) is 6.12. The predicted octanol–water partition coefficient (Wildman–Crippen LogP) is 2.57. The van der Waals surface area contributed by atoms with E-state index < -0.39 is 5.82 Å². The van der Waals surface area contributed by atoms with E-state index in [0.717, 1.165) is 12.8 Å². The van der Waals surface area contributed by atoms with Gasteiger partial charge in [-0.3, -0.25) is 4.79 Å². The van der Waals surface area contributed by atoms with Gasteiger partial charge in [-0.25, -0.2) is 4.39 Å². The van der Waals surface area contributed by atoms with Crippen LogP contribution in [0.3, 0.4) is 0 Å². The number of hydrogen-bond acceptors (Lipinski definition) is 2. The SMILES string of the molecule is NCCCN(C(=O)C1CC1)c1ccc(F)c(Cl)c1. The summed E-state index contributed by atoms with van der Waals surface area (Å²) < 4.78 is 13.1. The largest absolute Gasteiger partial charge is 0.330 e. The first-order valence-corrected chi connectivity index (χ1v) is 6.47. The van der Waals surface area contributed by atoms with E-state index >= 15 is 0 Å². The van der Waals surface area contributed by atoms with E-state index in [1.54, 1.807) is 11.0 Å². The van der Waals surface area contributed by atoms with Crippen LogP contribution in [-0.4, -0.2) is 19.0 Å². The maximum atomic E-state index is 13.1. The Balaban J connectivity index is 2.20. The summed E-state index contributed by atoms with van der Waals surface area (Å²) in [4.78, 5) is 13.8. The molecular weight excluding hydrogens is 255 g/mol. The molecule has 5 heteroatoms. The third-order valence-corrected chi connectivity index (χ3v) is 3.28. The van der Waals surface area contributed by atoms with Crippen LogP contribution in [0.5, 0.6) is 0 Å². The number of carbonyl (C=O) groups excluding carboxylic acids is 1. The highest BCUT2D eigenvalue weighted by Gasteiger charge is 2.33. The quantitative estimate of drug-likeness (QED) is 0.894. The third kappa shape index (κ3) is 3.00. The molecule has 1 aromatic carbocycles. The van der Waals surface area contributed by atoms with Gasteiger partial charge in [0.2, 0.25) is 5.91 Å². The Kier molecular flexibility index (Phi) is 4.19. The van der Waals surface area contributed by atoms with Gasteiger partial charge in [-0.2, -0.15) is 0 Å². The molecule has 1 aromatic rings. The van der Waals surface area contributed by atoms with Crippen molar-refractivity contribution in [2.75, 3.05) is 18.0 Å². The minimum absolute atomic E-state index is 0.0360. The molecule has 18 heavy (non-hydrogen) atoms. The number of hydrogen-bond donors (Lipinski definition) is 1. The predicted molar refractivity (Wildman–Crippen MR) is 70.2 cm³/mol. The molecule has 2 N–H and O–H groups in total. The van der Waals surface area contributed by atoms with Crippen molar-refractivity contribution in [2.24, 2.45) is 11.7 Å². The molecule has 98 valence electrons. The molecule has 0 atom stereocenters. The fourth-order valence-electron chi connectivity index (χ4n) is 1.82. The maximum absolute atomic E-state index is 13.1. The van der Waals surface area contributed by atoms with Gasteiger partial charge in [0, 0.05) is 18.2 Å². The molecule has 3 nitrogen and oxygen atoms in total. The summed E-state index contributed by atoms with van der Waals surface area (Å²) in [5, 5.41) is 0.0360. The van der Waals surface area contributed by atoms with Gasteiger partial charge in [0.25, 0.3) is 0 Å². The summed E-state index contributed by atoms with van der Waals surface area (Å²) in [6.07, 6.45) is 2.59. The van der Waals surface area contributed by atoms with E-state index in [-0.39, 0.29) is 16.8 Å². The molecule has 0 bridgehead atoms. The Morgan fingerprint density at radius 3 is 2.78 bits per heavy atom. The lowest BCUT2D eigenvalue weighted by Crippen LogP contribution is -2.34. The van der Waals surface area contributed by atoms with Gasteiger partial charge in [0.05, 0.1) is 5.02 Å². The number of nitrogens with zero attached hydrogens (tertiary/aromatic N) is 1. The van der Waals surface area contributed by atoms with Crippen LogP contribution >= 0.6 is 11.6 Å². The van der Waals surface area contributed by atoms with Gasteiger partial charge in [-0.1, -0.05) is 11.6 Å². The number of halogens is 2. The molecule has 1 fully saturated rings. The Labute approximate surface area is 111 Å². The second-order valence-electron chi connectivity index (χ2n) is 4.50. The first-order valence-electron chi connectivity index (χ1n) is 6.10. The molecule has 0 spiro atoms. The lowest BCUT2D eigenvalue weighted by atomic mass is 10.2. The van der Waals surface area contributed by atoms with Crippen LogP contribution in [0.25, 0.3) is 0 Å². The highest BCUT2D eigenvalue weighted by atomic mass is 35.5. The standard InChI is InChI=1S/C13H16ClFN2O/c14-11-8-10(4-5-12(11)15)17(7-1-6-16)13(18)9-2-3-9/h4-5,8-9H,1-3,6-7,16H2. The molecule has 1 amide bonds. The first kappa shape index (κ1) is 13.3. The minimum Gasteiger partial charge on any atom is -0.330 e. The van der Waals surface area contributed by atoms with Gasteiger partial charge < -0.3 is 10.6 Å². The molecule has 0 radical (unpaired) electrons. The summed E-state index contributed by atoms with van der Waals surface area (Å²) >= 11 is 5.75. The van der Waals surface area contributed by atoms with Gasteiger partial charge in [0.15, 0.2) is 0 Å². The van der Waals surface area contributed by atoms with Crippen LogP contribution in [0.2, 0.25) is 5.02 Å². The smallest absolute Gasteiger partial charge is 0.230 e. The Morgan fingerprint density at radius 1 is 1.50 bits per heavy atom. The maximum Gasteiger partial charge on any atom is 0.230 e. The zero-order valence-corrected chi connectivity index (χ0v) is 10.8. The summed E-state index contributed by atoms with van der Waals surface area (Å²) in [5.74, 6) is -0.268. The highest BCUT2D eigenvalue weighted by molar-refractivity contribution is 6.31. The second-order valence-corrected chi connectivity index (χ2v) is 4.91. The molecular formula is C13H16ClFN2O. The Bertz CT molecular complexity index is 449. The van der Waals surface area contributed by atoms with Gasteiger partial charge in [-0.15, -0.1) is 0 Å². The zero-order valence-electron chi connectivity index (χ0n) is 10.0. The van der Waals surface area contributed by atoms with Gasteiger partial charge in [-0.05, 0) is 44.0 Å². The van der Waals surface area contributed by atoms with Crippen molar-refractivity contribution in [1.82, 2.24) is 0 Å². The minimum atomic E-state index is -0.474. The number of benzene rings is 1. The average Bonchev–Trinajstić information content (AvgIpc) is 3.18. The van der Waals surface area contributed by atoms with E-state index in [2.05, 4.69) is 0 Å². The van der Waals surface area contributed by atoms with E-state index in [1.807, 2.05) is 0 Å². The number of carbonyl (C=O) groups is 1. The first-order chi connectivity index (χ1) is 8.63. The van der Waals surface area contributed by atoms with Crippen molar-refractivity contribution in [3.05, 3.63) is 29.0 Å². The molecule has 1 aliphatic carbocycles. The van der Waals surface area contributed by atoms with Gasteiger partial charge >= 0.3 is 0 Å².